The zero-order chi connectivity index (χ0) is 20.9. The first-order valence-corrected chi connectivity index (χ1v) is 10.0. The molecule has 2 rings (SSSR count). The summed E-state index contributed by atoms with van der Waals surface area (Å²) in [5, 5.41) is 6.57. The quantitative estimate of drug-likeness (QED) is 0.256. The first-order valence-electron chi connectivity index (χ1n) is 10.0. The van der Waals surface area contributed by atoms with E-state index >= 15 is 0 Å². The summed E-state index contributed by atoms with van der Waals surface area (Å²) in [5.74, 6) is 2.59. The number of aliphatic imine (C=N–C) groups is 1. The van der Waals surface area contributed by atoms with Crippen LogP contribution in [0.4, 0.5) is 0 Å². The minimum absolute atomic E-state index is 0. The lowest BCUT2D eigenvalue weighted by atomic mass is 10.2. The molecule has 7 nitrogen and oxygen atoms in total. The molecule has 2 aromatic rings. The molecule has 1 unspecified atom stereocenters. The Balaban J connectivity index is 0.00000450. The number of methoxy groups -OCH3 is 1. The maximum Gasteiger partial charge on any atom is 0.224 e. The summed E-state index contributed by atoms with van der Waals surface area (Å²) in [6.45, 7) is 8.58. The van der Waals surface area contributed by atoms with E-state index in [0.717, 1.165) is 24.5 Å². The lowest BCUT2D eigenvalue weighted by molar-refractivity contribution is 0.179. The van der Waals surface area contributed by atoms with Crippen LogP contribution in [-0.4, -0.2) is 43.9 Å². The highest BCUT2D eigenvalue weighted by Gasteiger charge is 2.11. The van der Waals surface area contributed by atoms with E-state index in [1.165, 1.54) is 0 Å². The lowest BCUT2D eigenvalue weighted by Gasteiger charge is -2.17. The SMILES string of the molecule is CCCOc1ccccc1Oc1ncccc1CN=C(NCC)NC(C)COC.I. The minimum atomic E-state index is 0. The Hall–Kier alpha value is -2.07. The van der Waals surface area contributed by atoms with E-state index in [-0.39, 0.29) is 30.0 Å². The highest BCUT2D eigenvalue weighted by molar-refractivity contribution is 14.0. The van der Waals surface area contributed by atoms with E-state index in [1.54, 1.807) is 13.3 Å². The second kappa shape index (κ2) is 14.8. The Morgan fingerprint density at radius 1 is 1.13 bits per heavy atom. The summed E-state index contributed by atoms with van der Waals surface area (Å²) < 4.78 is 17.0. The van der Waals surface area contributed by atoms with E-state index in [9.17, 15) is 0 Å². The van der Waals surface area contributed by atoms with Crippen LogP contribution in [0, 0.1) is 0 Å². The van der Waals surface area contributed by atoms with Crippen LogP contribution in [0.2, 0.25) is 0 Å². The third-order valence-electron chi connectivity index (χ3n) is 3.92. The number of para-hydroxylation sites is 2. The van der Waals surface area contributed by atoms with Gasteiger partial charge in [0.25, 0.3) is 0 Å². The Bertz CT molecular complexity index is 774. The normalized spacial score (nSPS) is 11.9. The van der Waals surface area contributed by atoms with Gasteiger partial charge in [0.2, 0.25) is 5.88 Å². The highest BCUT2D eigenvalue weighted by atomic mass is 127. The predicted molar refractivity (Wildman–Crippen MR) is 131 cm³/mol. The van der Waals surface area contributed by atoms with Crippen molar-refractivity contribution < 1.29 is 14.2 Å². The molecule has 8 heteroatoms. The summed E-state index contributed by atoms with van der Waals surface area (Å²) in [6.07, 6.45) is 2.64. The van der Waals surface area contributed by atoms with Crippen molar-refractivity contribution in [2.45, 2.75) is 39.8 Å². The topological polar surface area (TPSA) is 77.0 Å². The number of rotatable bonds is 11. The summed E-state index contributed by atoms with van der Waals surface area (Å²) in [4.78, 5) is 9.07. The van der Waals surface area contributed by atoms with Gasteiger partial charge >= 0.3 is 0 Å². The van der Waals surface area contributed by atoms with Crippen molar-refractivity contribution in [3.05, 3.63) is 48.2 Å². The van der Waals surface area contributed by atoms with Crippen LogP contribution in [0.25, 0.3) is 0 Å². The minimum Gasteiger partial charge on any atom is -0.490 e. The largest absolute Gasteiger partial charge is 0.490 e. The Labute approximate surface area is 196 Å². The Morgan fingerprint density at radius 3 is 2.60 bits per heavy atom. The molecule has 166 valence electrons. The zero-order valence-electron chi connectivity index (χ0n) is 18.2. The molecule has 1 aromatic carbocycles. The van der Waals surface area contributed by atoms with Gasteiger partial charge in [0, 0.05) is 31.5 Å². The molecular weight excluding hydrogens is 495 g/mol. The molecule has 0 aliphatic carbocycles. The van der Waals surface area contributed by atoms with Crippen LogP contribution in [-0.2, 0) is 11.3 Å². The average molecular weight is 528 g/mol. The highest BCUT2D eigenvalue weighted by Crippen LogP contribution is 2.32. The molecule has 1 atom stereocenters. The first-order chi connectivity index (χ1) is 14.2. The van der Waals surface area contributed by atoms with Crippen molar-refractivity contribution in [2.75, 3.05) is 26.9 Å². The number of pyridine rings is 1. The van der Waals surface area contributed by atoms with Gasteiger partial charge < -0.3 is 24.8 Å². The first kappa shape index (κ1) is 26.0. The monoisotopic (exact) mass is 528 g/mol. The summed E-state index contributed by atoms with van der Waals surface area (Å²) in [6, 6.07) is 11.6. The third-order valence-corrected chi connectivity index (χ3v) is 3.92. The lowest BCUT2D eigenvalue weighted by Crippen LogP contribution is -2.43. The number of halogens is 1. The van der Waals surface area contributed by atoms with Crippen molar-refractivity contribution in [1.82, 2.24) is 15.6 Å². The molecule has 0 spiro atoms. The van der Waals surface area contributed by atoms with Gasteiger partial charge in [-0.15, -0.1) is 24.0 Å². The molecule has 1 heterocycles. The maximum absolute atomic E-state index is 6.08. The summed E-state index contributed by atoms with van der Waals surface area (Å²) in [7, 11) is 1.68. The molecule has 0 saturated carbocycles. The number of benzene rings is 1. The van der Waals surface area contributed by atoms with Crippen LogP contribution >= 0.6 is 24.0 Å². The van der Waals surface area contributed by atoms with Gasteiger partial charge in [0.1, 0.15) is 0 Å². The number of aromatic nitrogens is 1. The third kappa shape index (κ3) is 8.74. The predicted octanol–water partition coefficient (Wildman–Crippen LogP) is 4.37. The second-order valence-electron chi connectivity index (χ2n) is 6.56. The number of nitrogens with zero attached hydrogens (tertiary/aromatic N) is 2. The molecule has 0 amide bonds. The van der Waals surface area contributed by atoms with Crippen molar-refractivity contribution in [2.24, 2.45) is 4.99 Å². The zero-order valence-corrected chi connectivity index (χ0v) is 20.5. The van der Waals surface area contributed by atoms with Crippen LogP contribution in [0.15, 0.2) is 47.6 Å². The molecule has 0 radical (unpaired) electrons. The van der Waals surface area contributed by atoms with Gasteiger partial charge in [-0.25, -0.2) is 9.98 Å². The van der Waals surface area contributed by atoms with E-state index in [0.29, 0.717) is 37.1 Å². The Morgan fingerprint density at radius 2 is 1.90 bits per heavy atom. The van der Waals surface area contributed by atoms with E-state index < -0.39 is 0 Å². The van der Waals surface area contributed by atoms with Gasteiger partial charge in [-0.3, -0.25) is 0 Å². The smallest absolute Gasteiger partial charge is 0.224 e. The molecule has 0 aliphatic heterocycles. The average Bonchev–Trinajstić information content (AvgIpc) is 2.72. The van der Waals surface area contributed by atoms with Crippen molar-refractivity contribution in [3.8, 4) is 17.4 Å². The summed E-state index contributed by atoms with van der Waals surface area (Å²) in [5.41, 5.74) is 0.884. The van der Waals surface area contributed by atoms with Crippen molar-refractivity contribution in [1.29, 1.82) is 0 Å². The molecule has 0 bridgehead atoms. The van der Waals surface area contributed by atoms with Crippen LogP contribution in [0.1, 0.15) is 32.8 Å². The fraction of sp³-hybridized carbons (Fsp3) is 0.455. The standard InChI is InChI=1S/C22H32N4O3.HI/c1-5-14-28-19-11-7-8-12-20(19)29-21-18(10-9-13-24-21)15-25-22(23-6-2)26-17(3)16-27-4;/h7-13,17H,5-6,14-16H2,1-4H3,(H2,23,25,26);1H. The second-order valence-corrected chi connectivity index (χ2v) is 6.56. The van der Waals surface area contributed by atoms with Crippen LogP contribution in [0.5, 0.6) is 17.4 Å². The fourth-order valence-corrected chi connectivity index (χ4v) is 2.62. The van der Waals surface area contributed by atoms with Gasteiger partial charge in [0.15, 0.2) is 17.5 Å². The number of ether oxygens (including phenoxy) is 3. The molecule has 30 heavy (non-hydrogen) atoms. The van der Waals surface area contributed by atoms with Crippen molar-refractivity contribution >= 4 is 29.9 Å². The fourth-order valence-electron chi connectivity index (χ4n) is 2.62. The van der Waals surface area contributed by atoms with E-state index in [2.05, 4.69) is 27.5 Å². The molecule has 0 aliphatic rings. The Kier molecular flexibility index (Phi) is 12.8. The number of hydrogen-bond acceptors (Lipinski definition) is 5. The van der Waals surface area contributed by atoms with E-state index in [1.807, 2.05) is 50.2 Å². The molecule has 0 fully saturated rings. The molecular formula is C22H33IN4O3. The maximum atomic E-state index is 6.08. The molecule has 1 aromatic heterocycles. The number of nitrogens with one attached hydrogen (secondary N) is 2. The number of guanidine groups is 1. The molecule has 0 saturated heterocycles. The van der Waals surface area contributed by atoms with Crippen LogP contribution in [0.3, 0.4) is 0 Å². The summed E-state index contributed by atoms with van der Waals surface area (Å²) >= 11 is 0. The van der Waals surface area contributed by atoms with Gasteiger partial charge in [-0.1, -0.05) is 25.1 Å². The van der Waals surface area contributed by atoms with Gasteiger partial charge in [-0.2, -0.15) is 0 Å². The molecule has 2 N–H and O–H groups in total. The van der Waals surface area contributed by atoms with Gasteiger partial charge in [-0.05, 0) is 38.5 Å². The van der Waals surface area contributed by atoms with Crippen molar-refractivity contribution in [3.63, 3.8) is 0 Å². The van der Waals surface area contributed by atoms with Crippen LogP contribution < -0.4 is 20.1 Å². The van der Waals surface area contributed by atoms with Gasteiger partial charge in [0.05, 0.1) is 19.8 Å². The number of hydrogen-bond donors (Lipinski definition) is 2. The van der Waals surface area contributed by atoms with E-state index in [4.69, 9.17) is 14.2 Å².